The number of hydrogen-bond donors (Lipinski definition) is 2. The molecule has 2 rings (SSSR count). The minimum Gasteiger partial charge on any atom is -0.397 e. The topological polar surface area (TPSA) is 38.0 Å². The molecule has 18 heavy (non-hydrogen) atoms. The number of nitrogen functional groups attached to an aromatic ring is 1. The second-order valence-electron chi connectivity index (χ2n) is 5.94. The maximum Gasteiger partial charge on any atom is 0.143 e. The fourth-order valence-corrected chi connectivity index (χ4v) is 2.62. The second-order valence-corrected chi connectivity index (χ2v) is 6.34. The number of anilines is 2. The predicted molar refractivity (Wildman–Crippen MR) is 75.5 cm³/mol. The van der Waals surface area contributed by atoms with Gasteiger partial charge in [-0.05, 0) is 37.2 Å². The molecule has 0 saturated heterocycles. The molecular weight excluding hydrogens is 251 g/mol. The molecule has 3 N–H and O–H groups in total. The lowest BCUT2D eigenvalue weighted by atomic mass is 9.75. The van der Waals surface area contributed by atoms with Crippen molar-refractivity contribution in [1.82, 2.24) is 0 Å². The van der Waals surface area contributed by atoms with E-state index in [0.717, 1.165) is 12.8 Å². The van der Waals surface area contributed by atoms with Crippen LogP contribution in [0.15, 0.2) is 12.1 Å². The van der Waals surface area contributed by atoms with Gasteiger partial charge < -0.3 is 11.1 Å². The van der Waals surface area contributed by atoms with Crippen molar-refractivity contribution >= 4 is 23.0 Å². The molecular formula is C14H20ClFN2. The van der Waals surface area contributed by atoms with Crippen molar-refractivity contribution in [1.29, 1.82) is 0 Å². The molecule has 1 aromatic rings. The van der Waals surface area contributed by atoms with E-state index in [1.54, 1.807) is 0 Å². The van der Waals surface area contributed by atoms with Gasteiger partial charge in [-0.15, -0.1) is 0 Å². The average molecular weight is 271 g/mol. The summed E-state index contributed by atoms with van der Waals surface area (Å²) in [6.45, 7) is 4.58. The van der Waals surface area contributed by atoms with Crippen LogP contribution in [0, 0.1) is 11.2 Å². The van der Waals surface area contributed by atoms with E-state index in [1.165, 1.54) is 25.0 Å². The van der Waals surface area contributed by atoms with Gasteiger partial charge in [0.1, 0.15) is 5.82 Å². The van der Waals surface area contributed by atoms with Gasteiger partial charge in [-0.2, -0.15) is 0 Å². The Labute approximate surface area is 113 Å². The minimum absolute atomic E-state index is 0.0721. The van der Waals surface area contributed by atoms with E-state index in [1.807, 2.05) is 0 Å². The molecule has 0 spiro atoms. The third kappa shape index (κ3) is 3.08. The number of halogens is 2. The summed E-state index contributed by atoms with van der Waals surface area (Å²) in [4.78, 5) is 0. The summed E-state index contributed by atoms with van der Waals surface area (Å²) in [6.07, 6.45) is 4.55. The first-order chi connectivity index (χ1) is 8.37. The summed E-state index contributed by atoms with van der Waals surface area (Å²) < 4.78 is 13.4. The van der Waals surface area contributed by atoms with Gasteiger partial charge in [-0.1, -0.05) is 25.4 Å². The fraction of sp³-hybridized carbons (Fsp3) is 0.571. The van der Waals surface area contributed by atoms with E-state index in [-0.39, 0.29) is 5.02 Å². The van der Waals surface area contributed by atoms with E-state index in [9.17, 15) is 4.39 Å². The van der Waals surface area contributed by atoms with Crippen LogP contribution in [0.5, 0.6) is 0 Å². The van der Waals surface area contributed by atoms with E-state index < -0.39 is 5.82 Å². The largest absolute Gasteiger partial charge is 0.397 e. The number of nitrogens with one attached hydrogen (secondary N) is 1. The Hall–Kier alpha value is -0.960. The van der Waals surface area contributed by atoms with Crippen LogP contribution in [0.2, 0.25) is 5.02 Å². The summed E-state index contributed by atoms with van der Waals surface area (Å²) in [5.74, 6) is -0.426. The molecule has 1 aliphatic carbocycles. The van der Waals surface area contributed by atoms with Crippen LogP contribution in [-0.4, -0.2) is 6.04 Å². The molecule has 2 nitrogen and oxygen atoms in total. The lowest BCUT2D eigenvalue weighted by Gasteiger charge is -2.35. The highest BCUT2D eigenvalue weighted by atomic mass is 35.5. The van der Waals surface area contributed by atoms with Gasteiger partial charge >= 0.3 is 0 Å². The first-order valence-electron chi connectivity index (χ1n) is 6.38. The molecule has 0 bridgehead atoms. The van der Waals surface area contributed by atoms with E-state index >= 15 is 0 Å². The van der Waals surface area contributed by atoms with Crippen LogP contribution in [0.4, 0.5) is 15.8 Å². The number of hydrogen-bond acceptors (Lipinski definition) is 2. The maximum absolute atomic E-state index is 13.4. The van der Waals surface area contributed by atoms with Crippen molar-refractivity contribution in [2.75, 3.05) is 11.1 Å². The van der Waals surface area contributed by atoms with Crippen molar-refractivity contribution in [3.05, 3.63) is 23.0 Å². The summed E-state index contributed by atoms with van der Waals surface area (Å²) in [5, 5.41) is 3.40. The zero-order valence-corrected chi connectivity index (χ0v) is 11.6. The van der Waals surface area contributed by atoms with Gasteiger partial charge in [0, 0.05) is 12.1 Å². The quantitative estimate of drug-likeness (QED) is 0.780. The van der Waals surface area contributed by atoms with Gasteiger partial charge in [0.25, 0.3) is 0 Å². The van der Waals surface area contributed by atoms with Gasteiger partial charge in [0.05, 0.1) is 16.4 Å². The Morgan fingerprint density at radius 3 is 2.56 bits per heavy atom. The standard InChI is InChI=1S/C14H20ClFN2/c1-14(2)5-3-9(4-6-14)18-13-8-11(16)10(15)7-12(13)17/h7-9,18H,3-6,17H2,1-2H3. The highest BCUT2D eigenvalue weighted by Crippen LogP contribution is 2.37. The predicted octanol–water partition coefficient (Wildman–Crippen LogP) is 4.44. The Bertz CT molecular complexity index is 436. The van der Waals surface area contributed by atoms with Gasteiger partial charge in [0.2, 0.25) is 0 Å². The summed E-state index contributed by atoms with van der Waals surface area (Å²) in [6, 6.07) is 3.23. The normalized spacial score (nSPS) is 19.8. The summed E-state index contributed by atoms with van der Waals surface area (Å²) in [7, 11) is 0. The van der Waals surface area contributed by atoms with E-state index in [4.69, 9.17) is 17.3 Å². The molecule has 0 aromatic heterocycles. The third-order valence-electron chi connectivity index (χ3n) is 3.79. The van der Waals surface area contributed by atoms with Crippen LogP contribution in [0.25, 0.3) is 0 Å². The van der Waals surface area contributed by atoms with Crippen molar-refractivity contribution in [2.45, 2.75) is 45.6 Å². The highest BCUT2D eigenvalue weighted by molar-refractivity contribution is 6.31. The molecule has 1 fully saturated rings. The maximum atomic E-state index is 13.4. The monoisotopic (exact) mass is 270 g/mol. The molecule has 0 amide bonds. The molecule has 1 saturated carbocycles. The molecule has 100 valence electrons. The molecule has 1 aliphatic rings. The van der Waals surface area contributed by atoms with Crippen molar-refractivity contribution in [3.8, 4) is 0 Å². The molecule has 0 radical (unpaired) electrons. The lowest BCUT2D eigenvalue weighted by molar-refractivity contribution is 0.232. The molecule has 4 heteroatoms. The first-order valence-corrected chi connectivity index (χ1v) is 6.76. The molecule has 1 aromatic carbocycles. The van der Waals surface area contributed by atoms with Gasteiger partial charge in [0.15, 0.2) is 0 Å². The van der Waals surface area contributed by atoms with Crippen molar-refractivity contribution in [2.24, 2.45) is 5.41 Å². The molecule has 0 unspecified atom stereocenters. The van der Waals surface area contributed by atoms with E-state index in [0.29, 0.717) is 22.8 Å². The zero-order valence-electron chi connectivity index (χ0n) is 10.9. The summed E-state index contributed by atoms with van der Waals surface area (Å²) in [5.41, 5.74) is 7.43. The molecule has 0 heterocycles. The number of rotatable bonds is 2. The Balaban J connectivity index is 2.04. The smallest absolute Gasteiger partial charge is 0.143 e. The van der Waals surface area contributed by atoms with Crippen LogP contribution in [0.1, 0.15) is 39.5 Å². The Morgan fingerprint density at radius 2 is 1.94 bits per heavy atom. The average Bonchev–Trinajstić information content (AvgIpc) is 2.28. The number of nitrogens with two attached hydrogens (primary N) is 1. The highest BCUT2D eigenvalue weighted by Gasteiger charge is 2.27. The van der Waals surface area contributed by atoms with Crippen LogP contribution >= 0.6 is 11.6 Å². The minimum atomic E-state index is -0.426. The summed E-state index contributed by atoms with van der Waals surface area (Å²) >= 11 is 5.68. The first kappa shape index (κ1) is 13.5. The third-order valence-corrected chi connectivity index (χ3v) is 4.08. The SMILES string of the molecule is CC1(C)CCC(Nc2cc(F)c(Cl)cc2N)CC1. The Kier molecular flexibility index (Phi) is 3.71. The van der Waals surface area contributed by atoms with Crippen LogP contribution in [0.3, 0.4) is 0 Å². The second kappa shape index (κ2) is 4.96. The van der Waals surface area contributed by atoms with Crippen molar-refractivity contribution in [3.63, 3.8) is 0 Å². The van der Waals surface area contributed by atoms with Gasteiger partial charge in [-0.25, -0.2) is 4.39 Å². The Morgan fingerprint density at radius 1 is 1.33 bits per heavy atom. The fourth-order valence-electron chi connectivity index (χ4n) is 2.45. The van der Waals surface area contributed by atoms with Gasteiger partial charge in [-0.3, -0.25) is 0 Å². The molecule has 0 aliphatic heterocycles. The van der Waals surface area contributed by atoms with Crippen LogP contribution in [-0.2, 0) is 0 Å². The zero-order chi connectivity index (χ0) is 13.3. The van der Waals surface area contributed by atoms with Crippen LogP contribution < -0.4 is 11.1 Å². The molecule has 0 atom stereocenters. The van der Waals surface area contributed by atoms with E-state index in [2.05, 4.69) is 19.2 Å². The number of benzene rings is 1. The van der Waals surface area contributed by atoms with Crippen molar-refractivity contribution < 1.29 is 4.39 Å². The lowest BCUT2D eigenvalue weighted by Crippen LogP contribution is -2.30.